The van der Waals surface area contributed by atoms with Crippen LogP contribution in [0.2, 0.25) is 0 Å². The van der Waals surface area contributed by atoms with Crippen molar-refractivity contribution in [3.8, 4) is 0 Å². The minimum absolute atomic E-state index is 0.0800. The fourth-order valence-corrected chi connectivity index (χ4v) is 1.78. The van der Waals surface area contributed by atoms with Crippen LogP contribution >= 0.6 is 15.9 Å². The van der Waals surface area contributed by atoms with Crippen molar-refractivity contribution in [2.45, 2.75) is 25.6 Å². The SMILES string of the molecule is O=C(NC1CC1)c1ccc(CF)c(Br)c1. The maximum absolute atomic E-state index is 12.4. The molecule has 0 spiro atoms. The zero-order valence-electron chi connectivity index (χ0n) is 8.09. The van der Waals surface area contributed by atoms with Crippen molar-refractivity contribution in [2.24, 2.45) is 0 Å². The molecule has 4 heteroatoms. The van der Waals surface area contributed by atoms with E-state index in [-0.39, 0.29) is 5.91 Å². The quantitative estimate of drug-likeness (QED) is 0.900. The predicted molar refractivity (Wildman–Crippen MR) is 59.4 cm³/mol. The molecule has 1 N–H and O–H groups in total. The zero-order valence-corrected chi connectivity index (χ0v) is 9.68. The van der Waals surface area contributed by atoms with E-state index in [0.717, 1.165) is 12.8 Å². The average Bonchev–Trinajstić information content (AvgIpc) is 3.01. The molecule has 2 nitrogen and oxygen atoms in total. The molecule has 1 aromatic rings. The zero-order chi connectivity index (χ0) is 10.8. The number of hydrogen-bond donors (Lipinski definition) is 1. The summed E-state index contributed by atoms with van der Waals surface area (Å²) in [4.78, 5) is 11.6. The van der Waals surface area contributed by atoms with Crippen LogP contribution in [-0.2, 0) is 6.67 Å². The van der Waals surface area contributed by atoms with E-state index in [4.69, 9.17) is 0 Å². The Balaban J connectivity index is 2.13. The van der Waals surface area contributed by atoms with E-state index >= 15 is 0 Å². The highest BCUT2D eigenvalue weighted by atomic mass is 79.9. The number of benzene rings is 1. The molecule has 1 saturated carbocycles. The van der Waals surface area contributed by atoms with Crippen LogP contribution in [-0.4, -0.2) is 11.9 Å². The molecule has 0 unspecified atom stereocenters. The van der Waals surface area contributed by atoms with Gasteiger partial charge in [-0.05, 0) is 30.5 Å². The highest BCUT2D eigenvalue weighted by Crippen LogP contribution is 2.22. The first-order chi connectivity index (χ1) is 7.20. The number of rotatable bonds is 3. The number of carbonyl (C=O) groups is 1. The molecule has 0 heterocycles. The van der Waals surface area contributed by atoms with E-state index in [9.17, 15) is 9.18 Å². The number of amides is 1. The van der Waals surface area contributed by atoms with Crippen LogP contribution in [0.25, 0.3) is 0 Å². The van der Waals surface area contributed by atoms with Gasteiger partial charge in [-0.3, -0.25) is 4.79 Å². The summed E-state index contributed by atoms with van der Waals surface area (Å²) in [5.74, 6) is -0.0800. The maximum Gasteiger partial charge on any atom is 0.251 e. The van der Waals surface area contributed by atoms with Gasteiger partial charge in [0.25, 0.3) is 5.91 Å². The molecular formula is C11H11BrFNO. The average molecular weight is 272 g/mol. The molecule has 0 radical (unpaired) electrons. The standard InChI is InChI=1S/C11H11BrFNO/c12-10-5-7(1-2-8(10)6-13)11(15)14-9-3-4-9/h1-2,5,9H,3-4,6H2,(H,14,15). The largest absolute Gasteiger partial charge is 0.349 e. The highest BCUT2D eigenvalue weighted by molar-refractivity contribution is 9.10. The Hall–Kier alpha value is -0.900. The molecule has 1 aliphatic carbocycles. The van der Waals surface area contributed by atoms with Crippen LogP contribution in [0.5, 0.6) is 0 Å². The van der Waals surface area contributed by atoms with E-state index in [2.05, 4.69) is 21.2 Å². The van der Waals surface area contributed by atoms with Crippen molar-refractivity contribution in [1.82, 2.24) is 5.32 Å². The molecule has 0 aromatic heterocycles. The van der Waals surface area contributed by atoms with Crippen molar-refractivity contribution >= 4 is 21.8 Å². The van der Waals surface area contributed by atoms with Gasteiger partial charge in [0, 0.05) is 16.1 Å². The molecule has 1 aliphatic rings. The van der Waals surface area contributed by atoms with Crippen LogP contribution in [0, 0.1) is 0 Å². The fourth-order valence-electron chi connectivity index (χ4n) is 1.29. The van der Waals surface area contributed by atoms with E-state index in [0.29, 0.717) is 21.6 Å². The summed E-state index contributed by atoms with van der Waals surface area (Å²) in [6, 6.07) is 5.28. The Morgan fingerprint density at radius 1 is 1.53 bits per heavy atom. The fraction of sp³-hybridized carbons (Fsp3) is 0.364. The smallest absolute Gasteiger partial charge is 0.251 e. The Kier molecular flexibility index (Phi) is 3.05. The van der Waals surface area contributed by atoms with Crippen LogP contribution in [0.4, 0.5) is 4.39 Å². The van der Waals surface area contributed by atoms with Gasteiger partial charge in [0.1, 0.15) is 6.67 Å². The van der Waals surface area contributed by atoms with E-state index in [1.54, 1.807) is 18.2 Å². The number of hydrogen-bond acceptors (Lipinski definition) is 1. The minimum Gasteiger partial charge on any atom is -0.349 e. The van der Waals surface area contributed by atoms with Crippen molar-refractivity contribution in [2.75, 3.05) is 0 Å². The first kappa shape index (κ1) is 10.6. The van der Waals surface area contributed by atoms with Gasteiger partial charge in [0.05, 0.1) is 0 Å². The molecule has 80 valence electrons. The van der Waals surface area contributed by atoms with Crippen LogP contribution in [0.3, 0.4) is 0 Å². The summed E-state index contributed by atoms with van der Waals surface area (Å²) >= 11 is 3.24. The first-order valence-corrected chi connectivity index (χ1v) is 5.65. The van der Waals surface area contributed by atoms with Crippen molar-refractivity contribution in [1.29, 1.82) is 0 Å². The number of halogens is 2. The third kappa shape index (κ3) is 2.56. The van der Waals surface area contributed by atoms with Crippen molar-refractivity contribution in [3.05, 3.63) is 33.8 Å². The molecule has 0 atom stereocenters. The number of nitrogens with one attached hydrogen (secondary N) is 1. The maximum atomic E-state index is 12.4. The Morgan fingerprint density at radius 2 is 2.27 bits per heavy atom. The van der Waals surface area contributed by atoms with E-state index in [1.165, 1.54) is 0 Å². The van der Waals surface area contributed by atoms with Gasteiger partial charge in [-0.25, -0.2) is 4.39 Å². The lowest BCUT2D eigenvalue weighted by Gasteiger charge is -2.05. The van der Waals surface area contributed by atoms with Crippen LogP contribution in [0.1, 0.15) is 28.8 Å². The van der Waals surface area contributed by atoms with Crippen LogP contribution in [0.15, 0.2) is 22.7 Å². The summed E-state index contributed by atoms with van der Waals surface area (Å²) in [7, 11) is 0. The Labute approximate surface area is 96.0 Å². The Bertz CT molecular complexity index is 390. The van der Waals surface area contributed by atoms with Crippen molar-refractivity contribution < 1.29 is 9.18 Å². The molecule has 1 amide bonds. The highest BCUT2D eigenvalue weighted by Gasteiger charge is 2.23. The van der Waals surface area contributed by atoms with Crippen LogP contribution < -0.4 is 5.32 Å². The Morgan fingerprint density at radius 3 is 2.80 bits per heavy atom. The predicted octanol–water partition coefficient (Wildman–Crippen LogP) is 2.81. The molecular weight excluding hydrogens is 261 g/mol. The molecule has 1 aromatic carbocycles. The van der Waals surface area contributed by atoms with Gasteiger partial charge < -0.3 is 5.32 Å². The molecule has 0 saturated heterocycles. The molecule has 0 aliphatic heterocycles. The minimum atomic E-state index is -0.523. The second-order valence-corrected chi connectivity index (χ2v) is 4.54. The monoisotopic (exact) mass is 271 g/mol. The lowest BCUT2D eigenvalue weighted by Crippen LogP contribution is -2.25. The summed E-state index contributed by atoms with van der Waals surface area (Å²) in [6.07, 6.45) is 2.13. The molecule has 2 rings (SSSR count). The third-order valence-corrected chi connectivity index (χ3v) is 3.11. The number of carbonyl (C=O) groups excluding carboxylic acids is 1. The molecule has 0 bridgehead atoms. The lowest BCUT2D eigenvalue weighted by molar-refractivity contribution is 0.0951. The summed E-state index contributed by atoms with van der Waals surface area (Å²) in [6.45, 7) is -0.523. The van der Waals surface area contributed by atoms with Gasteiger partial charge in [-0.2, -0.15) is 0 Å². The topological polar surface area (TPSA) is 29.1 Å². The second kappa shape index (κ2) is 4.31. The van der Waals surface area contributed by atoms with Gasteiger partial charge >= 0.3 is 0 Å². The van der Waals surface area contributed by atoms with Gasteiger partial charge in [0.15, 0.2) is 0 Å². The van der Waals surface area contributed by atoms with E-state index in [1.807, 2.05) is 0 Å². The van der Waals surface area contributed by atoms with E-state index < -0.39 is 6.67 Å². The first-order valence-electron chi connectivity index (χ1n) is 4.86. The van der Waals surface area contributed by atoms with Gasteiger partial charge in [0.2, 0.25) is 0 Å². The van der Waals surface area contributed by atoms with Crippen molar-refractivity contribution in [3.63, 3.8) is 0 Å². The lowest BCUT2D eigenvalue weighted by atomic mass is 10.1. The number of alkyl halides is 1. The molecule has 15 heavy (non-hydrogen) atoms. The normalized spacial score (nSPS) is 15.1. The van der Waals surface area contributed by atoms with Gasteiger partial charge in [-0.15, -0.1) is 0 Å². The summed E-state index contributed by atoms with van der Waals surface area (Å²) < 4.78 is 13.1. The third-order valence-electron chi connectivity index (χ3n) is 2.37. The summed E-state index contributed by atoms with van der Waals surface area (Å²) in [5, 5.41) is 2.88. The summed E-state index contributed by atoms with van der Waals surface area (Å²) in [5.41, 5.74) is 1.14. The molecule has 1 fully saturated rings. The second-order valence-electron chi connectivity index (χ2n) is 3.69. The van der Waals surface area contributed by atoms with Gasteiger partial charge in [-0.1, -0.05) is 22.0 Å².